The van der Waals surface area contributed by atoms with Crippen molar-refractivity contribution < 1.29 is 24.5 Å². The summed E-state index contributed by atoms with van der Waals surface area (Å²) in [5, 5.41) is 22.1. The van der Waals surface area contributed by atoms with Gasteiger partial charge in [-0.3, -0.25) is 0 Å². The molecule has 50 heavy (non-hydrogen) atoms. The molecule has 4 rings (SSSR count). The third-order valence-electron chi connectivity index (χ3n) is 8.64. The molecule has 0 amide bonds. The molecule has 0 aliphatic heterocycles. The van der Waals surface area contributed by atoms with Crippen molar-refractivity contribution in [3.8, 4) is 51.4 Å². The zero-order valence-electron chi connectivity index (χ0n) is 29.8. The zero-order valence-corrected chi connectivity index (χ0v) is 29.8. The van der Waals surface area contributed by atoms with E-state index in [1.807, 2.05) is 48.5 Å². The minimum atomic E-state index is -0.302. The number of hydrogen-bond donors (Lipinski definition) is 2. The maximum absolute atomic E-state index is 11.4. The molecule has 0 spiro atoms. The molecule has 0 saturated heterocycles. The number of hydrogen-bond acceptors (Lipinski definition) is 8. The summed E-state index contributed by atoms with van der Waals surface area (Å²) < 4.78 is 11.0. The monoisotopic (exact) mass is 679 g/mol. The van der Waals surface area contributed by atoms with Gasteiger partial charge in [0, 0.05) is 17.2 Å². The van der Waals surface area contributed by atoms with Crippen LogP contribution < -0.4 is 4.74 Å². The fraction of sp³-hybridized carbons (Fsp3) is 0.429. The number of benzene rings is 3. The highest BCUT2D eigenvalue weighted by molar-refractivity contribution is 5.86. The first-order chi connectivity index (χ1) is 24.4. The number of carbonyl (C=O) groups excluding carboxylic acids is 1. The number of phenols is 2. The molecule has 0 bridgehead atoms. The quantitative estimate of drug-likeness (QED) is 0.0479. The van der Waals surface area contributed by atoms with Crippen LogP contribution in [0, 0.1) is 0 Å². The number of aryl methyl sites for hydroxylation is 1. The summed E-state index contributed by atoms with van der Waals surface area (Å²) in [7, 11) is 0. The number of esters is 1. The second-order valence-electron chi connectivity index (χ2n) is 13.0. The van der Waals surface area contributed by atoms with Crippen LogP contribution >= 0.6 is 0 Å². The summed E-state index contributed by atoms with van der Waals surface area (Å²) in [5.41, 5.74) is 3.29. The minimum Gasteiger partial charge on any atom is -0.507 e. The SMILES string of the molecule is C=C(C)C(=O)OCCCCCCCCCCCc1ccc(-c2nc(-c3ccccc3)nc(-c3ccc(OCCCCCC)cc3O)n2)c(O)c1. The van der Waals surface area contributed by atoms with Crippen LogP contribution in [0.2, 0.25) is 0 Å². The van der Waals surface area contributed by atoms with Crippen molar-refractivity contribution in [2.75, 3.05) is 13.2 Å². The third kappa shape index (κ3) is 12.3. The molecule has 8 nitrogen and oxygen atoms in total. The molecule has 4 aromatic rings. The molecule has 8 heteroatoms. The van der Waals surface area contributed by atoms with Gasteiger partial charge in [-0.25, -0.2) is 19.7 Å². The molecule has 2 N–H and O–H groups in total. The average Bonchev–Trinajstić information content (AvgIpc) is 3.12. The molecule has 1 aromatic heterocycles. The van der Waals surface area contributed by atoms with Crippen LogP contribution in [0.5, 0.6) is 17.2 Å². The maximum atomic E-state index is 11.4. The molecule has 0 unspecified atom stereocenters. The summed E-state index contributed by atoms with van der Waals surface area (Å²) in [4.78, 5) is 25.6. The first kappa shape index (κ1) is 38.1. The Kier molecular flexibility index (Phi) is 15.8. The van der Waals surface area contributed by atoms with Crippen molar-refractivity contribution in [1.29, 1.82) is 0 Å². The van der Waals surface area contributed by atoms with Gasteiger partial charge in [-0.2, -0.15) is 0 Å². The van der Waals surface area contributed by atoms with Crippen molar-refractivity contribution in [2.45, 2.75) is 104 Å². The molecule has 0 aliphatic carbocycles. The second kappa shape index (κ2) is 20.7. The Morgan fingerprint density at radius 2 is 1.22 bits per heavy atom. The number of aromatic hydroxyl groups is 2. The third-order valence-corrected chi connectivity index (χ3v) is 8.64. The van der Waals surface area contributed by atoms with Crippen molar-refractivity contribution in [3.63, 3.8) is 0 Å². The molecular formula is C42H53N3O5. The Hall–Kier alpha value is -4.72. The van der Waals surface area contributed by atoms with Gasteiger partial charge >= 0.3 is 5.97 Å². The molecule has 0 atom stereocenters. The van der Waals surface area contributed by atoms with E-state index >= 15 is 0 Å². The Morgan fingerprint density at radius 1 is 0.660 bits per heavy atom. The lowest BCUT2D eigenvalue weighted by molar-refractivity contribution is -0.139. The molecule has 0 aliphatic rings. The highest BCUT2D eigenvalue weighted by atomic mass is 16.5. The Labute approximate surface area is 297 Å². The molecule has 0 fully saturated rings. The summed E-state index contributed by atoms with van der Waals surface area (Å²) in [6, 6.07) is 20.5. The lowest BCUT2D eigenvalue weighted by atomic mass is 10.0. The number of nitrogens with zero attached hydrogens (tertiary/aromatic N) is 3. The number of rotatable bonds is 22. The number of aromatic nitrogens is 3. The predicted molar refractivity (Wildman–Crippen MR) is 200 cm³/mol. The summed E-state index contributed by atoms with van der Waals surface area (Å²) in [5.74, 6) is 1.53. The topological polar surface area (TPSA) is 115 Å². The zero-order chi connectivity index (χ0) is 35.6. The van der Waals surface area contributed by atoms with E-state index in [2.05, 4.69) is 13.5 Å². The van der Waals surface area contributed by atoms with Gasteiger partial charge < -0.3 is 19.7 Å². The van der Waals surface area contributed by atoms with E-state index in [0.29, 0.717) is 53.1 Å². The van der Waals surface area contributed by atoms with E-state index in [9.17, 15) is 15.0 Å². The van der Waals surface area contributed by atoms with E-state index in [0.717, 1.165) is 62.5 Å². The van der Waals surface area contributed by atoms with E-state index in [1.54, 1.807) is 25.1 Å². The number of phenolic OH excluding ortho intramolecular Hbond substituents is 2. The largest absolute Gasteiger partial charge is 0.507 e. The molecular weight excluding hydrogens is 626 g/mol. The molecule has 0 saturated carbocycles. The van der Waals surface area contributed by atoms with Crippen LogP contribution in [0.25, 0.3) is 34.2 Å². The normalized spacial score (nSPS) is 11.0. The van der Waals surface area contributed by atoms with Crippen molar-refractivity contribution in [2.24, 2.45) is 0 Å². The Balaban J connectivity index is 1.33. The van der Waals surface area contributed by atoms with Crippen LogP contribution in [0.4, 0.5) is 0 Å². The van der Waals surface area contributed by atoms with E-state index in [1.165, 1.54) is 38.5 Å². The summed E-state index contributed by atoms with van der Waals surface area (Å²) >= 11 is 0. The van der Waals surface area contributed by atoms with Crippen LogP contribution in [0.3, 0.4) is 0 Å². The molecule has 3 aromatic carbocycles. The standard InChI is InChI=1S/C42H53N3O5/c1-4-5-6-18-27-49-34-24-26-36(38(47)30-34)41-44-39(33-21-16-14-17-22-33)43-40(45-41)35-25-23-32(29-37(35)46)20-15-12-10-8-7-9-11-13-19-28-50-42(48)31(2)3/h14,16-17,21-26,29-30,46-47H,2,4-13,15,18-20,27-28H2,1,3H3. The van der Waals surface area contributed by atoms with Crippen LogP contribution in [0.1, 0.15) is 103 Å². The van der Waals surface area contributed by atoms with Gasteiger partial charge in [0.15, 0.2) is 17.5 Å². The van der Waals surface area contributed by atoms with Gasteiger partial charge in [0.25, 0.3) is 0 Å². The molecule has 0 radical (unpaired) electrons. The minimum absolute atomic E-state index is 0.0191. The highest BCUT2D eigenvalue weighted by Crippen LogP contribution is 2.35. The van der Waals surface area contributed by atoms with Gasteiger partial charge in [0.2, 0.25) is 0 Å². The fourth-order valence-corrected chi connectivity index (χ4v) is 5.72. The fourth-order valence-electron chi connectivity index (χ4n) is 5.72. The van der Waals surface area contributed by atoms with E-state index < -0.39 is 0 Å². The van der Waals surface area contributed by atoms with Crippen LogP contribution in [-0.4, -0.2) is 44.3 Å². The second-order valence-corrected chi connectivity index (χ2v) is 13.0. The van der Waals surface area contributed by atoms with Crippen molar-refractivity contribution in [3.05, 3.63) is 84.4 Å². The Morgan fingerprint density at radius 3 is 1.84 bits per heavy atom. The van der Waals surface area contributed by atoms with E-state index in [-0.39, 0.29) is 17.5 Å². The summed E-state index contributed by atoms with van der Waals surface area (Å²) in [6.07, 6.45) is 15.5. The average molecular weight is 680 g/mol. The molecule has 1 heterocycles. The van der Waals surface area contributed by atoms with Crippen molar-refractivity contribution in [1.82, 2.24) is 15.0 Å². The first-order valence-electron chi connectivity index (χ1n) is 18.3. The summed E-state index contributed by atoms with van der Waals surface area (Å²) in [6.45, 7) is 8.51. The van der Waals surface area contributed by atoms with Crippen molar-refractivity contribution >= 4 is 5.97 Å². The molecule has 266 valence electrons. The van der Waals surface area contributed by atoms with Gasteiger partial charge in [-0.1, -0.05) is 114 Å². The van der Waals surface area contributed by atoms with Gasteiger partial charge in [0.1, 0.15) is 17.2 Å². The lowest BCUT2D eigenvalue weighted by Crippen LogP contribution is -2.05. The van der Waals surface area contributed by atoms with Crippen LogP contribution in [0.15, 0.2) is 78.9 Å². The van der Waals surface area contributed by atoms with E-state index in [4.69, 9.17) is 24.4 Å². The maximum Gasteiger partial charge on any atom is 0.333 e. The lowest BCUT2D eigenvalue weighted by Gasteiger charge is -2.12. The van der Waals surface area contributed by atoms with Crippen LogP contribution in [-0.2, 0) is 16.0 Å². The smallest absolute Gasteiger partial charge is 0.333 e. The van der Waals surface area contributed by atoms with Gasteiger partial charge in [-0.15, -0.1) is 0 Å². The van der Waals surface area contributed by atoms with Gasteiger partial charge in [0.05, 0.1) is 24.3 Å². The van der Waals surface area contributed by atoms with Gasteiger partial charge in [-0.05, 0) is 62.4 Å². The first-order valence-corrected chi connectivity index (χ1v) is 18.3. The highest BCUT2D eigenvalue weighted by Gasteiger charge is 2.17. The number of ether oxygens (including phenoxy) is 2. The number of unbranched alkanes of at least 4 members (excludes halogenated alkanes) is 11. The Bertz CT molecular complexity index is 1660. The predicted octanol–water partition coefficient (Wildman–Crippen LogP) is 10.4. The number of carbonyl (C=O) groups is 1.